The third kappa shape index (κ3) is 2.64. The summed E-state index contributed by atoms with van der Waals surface area (Å²) in [6.45, 7) is 6.03. The summed E-state index contributed by atoms with van der Waals surface area (Å²) in [7, 11) is 0. The van der Waals surface area contributed by atoms with Gasteiger partial charge in [-0.1, -0.05) is 29.5 Å². The number of aliphatic hydroxyl groups is 1. The van der Waals surface area contributed by atoms with Crippen molar-refractivity contribution in [3.8, 4) is 0 Å². The number of thiazole rings is 1. The van der Waals surface area contributed by atoms with Crippen LogP contribution in [0.25, 0.3) is 0 Å². The molecule has 106 valence electrons. The number of aliphatic hydroxyl groups excluding tert-OH is 1. The topological polar surface area (TPSA) is 39.6 Å². The Morgan fingerprint density at radius 1 is 1.10 bits per heavy atom. The van der Waals surface area contributed by atoms with Crippen LogP contribution in [0.4, 0.5) is 10.8 Å². The van der Waals surface area contributed by atoms with Gasteiger partial charge in [0.1, 0.15) is 0 Å². The first-order valence-electron chi connectivity index (χ1n) is 6.90. The van der Waals surface area contributed by atoms with Crippen LogP contribution in [0, 0.1) is 6.92 Å². The van der Waals surface area contributed by atoms with Crippen molar-refractivity contribution in [2.45, 2.75) is 13.5 Å². The highest BCUT2D eigenvalue weighted by Gasteiger charge is 2.20. The van der Waals surface area contributed by atoms with Crippen LogP contribution in [0.5, 0.6) is 0 Å². The number of aromatic nitrogens is 1. The Hall–Kier alpha value is -1.59. The van der Waals surface area contributed by atoms with Crippen molar-refractivity contribution in [2.24, 2.45) is 0 Å². The van der Waals surface area contributed by atoms with E-state index < -0.39 is 0 Å². The first-order chi connectivity index (χ1) is 9.78. The van der Waals surface area contributed by atoms with Crippen LogP contribution < -0.4 is 9.80 Å². The first-order valence-corrected chi connectivity index (χ1v) is 7.71. The fourth-order valence-corrected chi connectivity index (χ4v) is 3.46. The molecule has 0 radical (unpaired) electrons. The second kappa shape index (κ2) is 5.81. The van der Waals surface area contributed by atoms with Crippen LogP contribution in [0.3, 0.4) is 0 Å². The maximum atomic E-state index is 9.26. The van der Waals surface area contributed by atoms with Crippen molar-refractivity contribution >= 4 is 22.2 Å². The van der Waals surface area contributed by atoms with Gasteiger partial charge in [0.15, 0.2) is 5.13 Å². The molecule has 1 saturated heterocycles. The van der Waals surface area contributed by atoms with Crippen molar-refractivity contribution < 1.29 is 5.11 Å². The van der Waals surface area contributed by atoms with Gasteiger partial charge in [-0.2, -0.15) is 0 Å². The zero-order valence-corrected chi connectivity index (χ0v) is 12.4. The van der Waals surface area contributed by atoms with E-state index in [-0.39, 0.29) is 6.61 Å². The Labute approximate surface area is 123 Å². The van der Waals surface area contributed by atoms with E-state index in [1.165, 1.54) is 5.69 Å². The van der Waals surface area contributed by atoms with Crippen molar-refractivity contribution in [2.75, 3.05) is 36.0 Å². The van der Waals surface area contributed by atoms with E-state index in [9.17, 15) is 5.11 Å². The predicted octanol–water partition coefficient (Wildman–Crippen LogP) is 2.27. The summed E-state index contributed by atoms with van der Waals surface area (Å²) in [5.41, 5.74) is 2.25. The number of nitrogens with zero attached hydrogens (tertiary/aromatic N) is 3. The summed E-state index contributed by atoms with van der Waals surface area (Å²) < 4.78 is 0. The number of hydrogen-bond donors (Lipinski definition) is 1. The monoisotopic (exact) mass is 289 g/mol. The molecule has 20 heavy (non-hydrogen) atoms. The largest absolute Gasteiger partial charge is 0.391 e. The van der Waals surface area contributed by atoms with E-state index in [0.717, 1.165) is 41.9 Å². The zero-order chi connectivity index (χ0) is 13.9. The normalized spacial score (nSPS) is 15.7. The molecule has 1 N–H and O–H groups in total. The quantitative estimate of drug-likeness (QED) is 0.941. The highest BCUT2D eigenvalue weighted by Crippen LogP contribution is 2.27. The Morgan fingerprint density at radius 2 is 1.75 bits per heavy atom. The number of anilines is 2. The van der Waals surface area contributed by atoms with Gasteiger partial charge in [0.2, 0.25) is 0 Å². The molecule has 3 rings (SSSR count). The molecule has 5 heteroatoms. The van der Waals surface area contributed by atoms with Crippen LogP contribution in [-0.2, 0) is 6.61 Å². The fourth-order valence-electron chi connectivity index (χ4n) is 2.49. The van der Waals surface area contributed by atoms with Gasteiger partial charge in [0, 0.05) is 31.9 Å². The second-order valence-corrected chi connectivity index (χ2v) is 6.03. The lowest BCUT2D eigenvalue weighted by Crippen LogP contribution is -2.46. The molecule has 0 saturated carbocycles. The Kier molecular flexibility index (Phi) is 3.89. The van der Waals surface area contributed by atoms with Gasteiger partial charge in [-0.15, -0.1) is 0 Å². The molecule has 0 amide bonds. The molecule has 1 aliphatic rings. The van der Waals surface area contributed by atoms with Gasteiger partial charge in [-0.25, -0.2) is 4.98 Å². The molecule has 2 heterocycles. The molecule has 2 aromatic rings. The maximum absolute atomic E-state index is 9.26. The Bertz CT molecular complexity index is 562. The van der Waals surface area contributed by atoms with Crippen LogP contribution >= 0.6 is 11.3 Å². The number of aryl methyl sites for hydroxylation is 1. The number of hydrogen-bond acceptors (Lipinski definition) is 5. The van der Waals surface area contributed by atoms with Gasteiger partial charge >= 0.3 is 0 Å². The fraction of sp³-hybridized carbons (Fsp3) is 0.400. The number of piperazine rings is 1. The summed E-state index contributed by atoms with van der Waals surface area (Å²) >= 11 is 1.61. The van der Waals surface area contributed by atoms with E-state index in [2.05, 4.69) is 45.1 Å². The third-order valence-electron chi connectivity index (χ3n) is 3.70. The SMILES string of the molecule is Cc1nc(N2CCN(c3ccccc3)CC2)sc1CO. The van der Waals surface area contributed by atoms with Crippen molar-refractivity contribution in [1.29, 1.82) is 0 Å². The van der Waals surface area contributed by atoms with Crippen LogP contribution in [-0.4, -0.2) is 36.3 Å². The minimum absolute atomic E-state index is 0.0908. The third-order valence-corrected chi connectivity index (χ3v) is 4.90. The minimum atomic E-state index is 0.0908. The summed E-state index contributed by atoms with van der Waals surface area (Å²) in [4.78, 5) is 10.3. The molecule has 1 fully saturated rings. The van der Waals surface area contributed by atoms with Crippen molar-refractivity contribution in [3.63, 3.8) is 0 Å². The standard InChI is InChI=1S/C15H19N3OS/c1-12-14(11-19)20-15(16-12)18-9-7-17(8-10-18)13-5-3-2-4-6-13/h2-6,19H,7-11H2,1H3. The summed E-state index contributed by atoms with van der Waals surface area (Å²) in [5.74, 6) is 0. The van der Waals surface area contributed by atoms with Crippen molar-refractivity contribution in [1.82, 2.24) is 4.98 Å². The van der Waals surface area contributed by atoms with E-state index in [1.54, 1.807) is 11.3 Å². The average Bonchev–Trinajstić information content (AvgIpc) is 2.89. The maximum Gasteiger partial charge on any atom is 0.185 e. The van der Waals surface area contributed by atoms with E-state index in [4.69, 9.17) is 0 Å². The van der Waals surface area contributed by atoms with E-state index in [0.29, 0.717) is 0 Å². The van der Waals surface area contributed by atoms with Crippen LogP contribution in [0.1, 0.15) is 10.6 Å². The molecule has 0 aliphatic carbocycles. The molecule has 1 aromatic heterocycles. The second-order valence-electron chi connectivity index (χ2n) is 4.97. The molecule has 0 atom stereocenters. The predicted molar refractivity (Wildman–Crippen MR) is 83.6 cm³/mol. The van der Waals surface area contributed by atoms with Gasteiger partial charge in [-0.05, 0) is 19.1 Å². The molecular weight excluding hydrogens is 270 g/mol. The number of rotatable bonds is 3. The molecule has 0 bridgehead atoms. The van der Waals surface area contributed by atoms with E-state index >= 15 is 0 Å². The lowest BCUT2D eigenvalue weighted by atomic mass is 10.2. The lowest BCUT2D eigenvalue weighted by Gasteiger charge is -2.36. The Balaban J connectivity index is 1.66. The molecule has 1 aliphatic heterocycles. The number of benzene rings is 1. The van der Waals surface area contributed by atoms with E-state index in [1.807, 2.05) is 6.92 Å². The average molecular weight is 289 g/mol. The Morgan fingerprint density at radius 3 is 2.35 bits per heavy atom. The molecule has 0 unspecified atom stereocenters. The van der Waals surface area contributed by atoms with Gasteiger partial charge in [0.25, 0.3) is 0 Å². The lowest BCUT2D eigenvalue weighted by molar-refractivity contribution is 0.284. The summed E-state index contributed by atoms with van der Waals surface area (Å²) in [6, 6.07) is 10.5. The van der Waals surface area contributed by atoms with Crippen molar-refractivity contribution in [3.05, 3.63) is 40.9 Å². The highest BCUT2D eigenvalue weighted by molar-refractivity contribution is 7.15. The molecule has 0 spiro atoms. The first kappa shape index (κ1) is 13.4. The zero-order valence-electron chi connectivity index (χ0n) is 11.6. The minimum Gasteiger partial charge on any atom is -0.391 e. The van der Waals surface area contributed by atoms with Gasteiger partial charge < -0.3 is 14.9 Å². The summed E-state index contributed by atoms with van der Waals surface area (Å²) in [6.07, 6.45) is 0. The van der Waals surface area contributed by atoms with Crippen LogP contribution in [0.15, 0.2) is 30.3 Å². The van der Waals surface area contributed by atoms with Gasteiger partial charge in [0.05, 0.1) is 17.2 Å². The molecule has 1 aromatic carbocycles. The molecule has 4 nitrogen and oxygen atoms in total. The molecular formula is C15H19N3OS. The van der Waals surface area contributed by atoms with Gasteiger partial charge in [-0.3, -0.25) is 0 Å². The summed E-state index contributed by atoms with van der Waals surface area (Å²) in [5, 5.41) is 10.3. The van der Waals surface area contributed by atoms with Crippen LogP contribution in [0.2, 0.25) is 0 Å². The smallest absolute Gasteiger partial charge is 0.185 e. The number of para-hydroxylation sites is 1. The highest BCUT2D eigenvalue weighted by atomic mass is 32.1.